The van der Waals surface area contributed by atoms with Gasteiger partial charge in [0.25, 0.3) is 0 Å². The maximum absolute atomic E-state index is 11.8. The molecule has 1 aliphatic rings. The summed E-state index contributed by atoms with van der Waals surface area (Å²) in [6.45, 7) is 6.36. The number of carbonyl (C=O) groups is 1. The van der Waals surface area contributed by atoms with Crippen LogP contribution >= 0.6 is 0 Å². The summed E-state index contributed by atoms with van der Waals surface area (Å²) in [6, 6.07) is 6.32. The lowest BCUT2D eigenvalue weighted by atomic mass is 10.0. The standard InChI is InChI=1S/C14H18O/c1-9-4-5-12(6-10(9)2)8-14(15)13-7-11(13)3/h4-6,11,13H,7-8H2,1-3H3. The van der Waals surface area contributed by atoms with Crippen molar-refractivity contribution in [2.24, 2.45) is 11.8 Å². The molecule has 1 aromatic rings. The molecule has 15 heavy (non-hydrogen) atoms. The molecule has 1 fully saturated rings. The Hall–Kier alpha value is -1.11. The molecule has 0 aliphatic heterocycles. The monoisotopic (exact) mass is 202 g/mol. The van der Waals surface area contributed by atoms with Crippen LogP contribution in [0.3, 0.4) is 0 Å². The fourth-order valence-electron chi connectivity index (χ4n) is 2.02. The van der Waals surface area contributed by atoms with Crippen LogP contribution < -0.4 is 0 Å². The number of aryl methyl sites for hydroxylation is 2. The van der Waals surface area contributed by atoms with Crippen molar-refractivity contribution in [1.82, 2.24) is 0 Å². The highest BCUT2D eigenvalue weighted by Crippen LogP contribution is 2.39. The van der Waals surface area contributed by atoms with E-state index in [0.717, 1.165) is 6.42 Å². The molecule has 2 rings (SSSR count). The van der Waals surface area contributed by atoms with Crippen LogP contribution in [0.5, 0.6) is 0 Å². The van der Waals surface area contributed by atoms with Gasteiger partial charge in [-0.25, -0.2) is 0 Å². The first-order valence-electron chi connectivity index (χ1n) is 5.67. The summed E-state index contributed by atoms with van der Waals surface area (Å²) in [4.78, 5) is 11.8. The lowest BCUT2D eigenvalue weighted by molar-refractivity contribution is -0.119. The Bertz CT molecular complexity index is 392. The Morgan fingerprint density at radius 1 is 1.33 bits per heavy atom. The van der Waals surface area contributed by atoms with E-state index in [1.807, 2.05) is 0 Å². The maximum Gasteiger partial charge on any atom is 0.140 e. The average Bonchev–Trinajstić information content (AvgIpc) is 2.89. The van der Waals surface area contributed by atoms with Gasteiger partial charge in [0.1, 0.15) is 5.78 Å². The summed E-state index contributed by atoms with van der Waals surface area (Å²) in [5.41, 5.74) is 3.75. The van der Waals surface area contributed by atoms with E-state index in [0.29, 0.717) is 24.0 Å². The third-order valence-electron chi connectivity index (χ3n) is 3.47. The van der Waals surface area contributed by atoms with Crippen LogP contribution in [-0.4, -0.2) is 5.78 Å². The molecule has 0 N–H and O–H groups in total. The molecule has 2 atom stereocenters. The fourth-order valence-corrected chi connectivity index (χ4v) is 2.02. The second kappa shape index (κ2) is 3.80. The zero-order valence-corrected chi connectivity index (χ0v) is 9.71. The van der Waals surface area contributed by atoms with Gasteiger partial charge in [0.15, 0.2) is 0 Å². The predicted molar refractivity (Wildman–Crippen MR) is 61.9 cm³/mol. The van der Waals surface area contributed by atoms with Crippen molar-refractivity contribution in [3.8, 4) is 0 Å². The number of hydrogen-bond donors (Lipinski definition) is 0. The molecule has 2 unspecified atom stereocenters. The highest BCUT2D eigenvalue weighted by Gasteiger charge is 2.38. The fraction of sp³-hybridized carbons (Fsp3) is 0.500. The second-order valence-corrected chi connectivity index (χ2v) is 4.88. The molecular formula is C14H18O. The van der Waals surface area contributed by atoms with Crippen LogP contribution in [0.2, 0.25) is 0 Å². The third kappa shape index (κ3) is 2.28. The Morgan fingerprint density at radius 3 is 2.53 bits per heavy atom. The number of ketones is 1. The van der Waals surface area contributed by atoms with E-state index in [9.17, 15) is 4.79 Å². The van der Waals surface area contributed by atoms with Gasteiger partial charge < -0.3 is 0 Å². The van der Waals surface area contributed by atoms with Gasteiger partial charge in [0.2, 0.25) is 0 Å². The Morgan fingerprint density at radius 2 is 2.00 bits per heavy atom. The van der Waals surface area contributed by atoms with E-state index < -0.39 is 0 Å². The Kier molecular flexibility index (Phi) is 2.64. The molecule has 0 aromatic heterocycles. The van der Waals surface area contributed by atoms with Crippen LogP contribution in [-0.2, 0) is 11.2 Å². The molecule has 1 saturated carbocycles. The van der Waals surface area contributed by atoms with Gasteiger partial charge in [-0.15, -0.1) is 0 Å². The van der Waals surface area contributed by atoms with Crippen LogP contribution in [0.25, 0.3) is 0 Å². The molecule has 0 radical (unpaired) electrons. The number of hydrogen-bond acceptors (Lipinski definition) is 1. The number of carbonyl (C=O) groups excluding carboxylic acids is 1. The van der Waals surface area contributed by atoms with E-state index >= 15 is 0 Å². The zero-order valence-electron chi connectivity index (χ0n) is 9.71. The number of benzene rings is 1. The van der Waals surface area contributed by atoms with Crippen molar-refractivity contribution in [1.29, 1.82) is 0 Å². The minimum atomic E-state index is 0.353. The van der Waals surface area contributed by atoms with Gasteiger partial charge in [0, 0.05) is 12.3 Å². The summed E-state index contributed by atoms with van der Waals surface area (Å²) in [7, 11) is 0. The first-order valence-corrected chi connectivity index (χ1v) is 5.67. The average molecular weight is 202 g/mol. The molecule has 1 heteroatoms. The highest BCUT2D eigenvalue weighted by molar-refractivity contribution is 5.85. The molecule has 1 aliphatic carbocycles. The van der Waals surface area contributed by atoms with E-state index in [1.165, 1.54) is 16.7 Å². The van der Waals surface area contributed by atoms with Crippen molar-refractivity contribution in [2.45, 2.75) is 33.6 Å². The summed E-state index contributed by atoms with van der Waals surface area (Å²) < 4.78 is 0. The van der Waals surface area contributed by atoms with Gasteiger partial charge >= 0.3 is 0 Å². The van der Waals surface area contributed by atoms with Gasteiger partial charge in [-0.2, -0.15) is 0 Å². The molecule has 0 bridgehead atoms. The van der Waals surface area contributed by atoms with Crippen LogP contribution in [0.15, 0.2) is 18.2 Å². The Labute approximate surface area is 91.5 Å². The van der Waals surface area contributed by atoms with Crippen LogP contribution in [0.4, 0.5) is 0 Å². The van der Waals surface area contributed by atoms with Gasteiger partial charge in [-0.3, -0.25) is 4.79 Å². The van der Waals surface area contributed by atoms with Crippen molar-refractivity contribution in [3.63, 3.8) is 0 Å². The topological polar surface area (TPSA) is 17.1 Å². The molecule has 0 saturated heterocycles. The number of Topliss-reactive ketones (excluding diaryl/α,β-unsaturated/α-hetero) is 1. The minimum Gasteiger partial charge on any atom is -0.299 e. The molecule has 1 nitrogen and oxygen atoms in total. The van der Waals surface area contributed by atoms with Crippen LogP contribution in [0.1, 0.15) is 30.0 Å². The van der Waals surface area contributed by atoms with Crippen molar-refractivity contribution >= 4 is 5.78 Å². The first-order chi connectivity index (χ1) is 7.08. The second-order valence-electron chi connectivity index (χ2n) is 4.88. The molecule has 0 heterocycles. The van der Waals surface area contributed by atoms with Crippen LogP contribution in [0, 0.1) is 25.7 Å². The molecule has 0 amide bonds. The lowest BCUT2D eigenvalue weighted by Crippen LogP contribution is -2.06. The maximum atomic E-state index is 11.8. The van der Waals surface area contributed by atoms with Gasteiger partial charge in [0.05, 0.1) is 0 Å². The summed E-state index contributed by atoms with van der Waals surface area (Å²) >= 11 is 0. The number of rotatable bonds is 3. The first kappa shape index (κ1) is 10.4. The SMILES string of the molecule is Cc1ccc(CC(=O)C2CC2C)cc1C. The van der Waals surface area contributed by atoms with E-state index in [4.69, 9.17) is 0 Å². The zero-order chi connectivity index (χ0) is 11.0. The third-order valence-corrected chi connectivity index (χ3v) is 3.47. The van der Waals surface area contributed by atoms with E-state index in [-0.39, 0.29) is 0 Å². The Balaban J connectivity index is 2.04. The minimum absolute atomic E-state index is 0.353. The summed E-state index contributed by atoms with van der Waals surface area (Å²) in [5.74, 6) is 1.40. The highest BCUT2D eigenvalue weighted by atomic mass is 16.1. The largest absolute Gasteiger partial charge is 0.299 e. The lowest BCUT2D eigenvalue weighted by Gasteiger charge is -2.04. The molecule has 80 valence electrons. The summed E-state index contributed by atoms with van der Waals surface area (Å²) in [5, 5.41) is 0. The molecule has 1 aromatic carbocycles. The van der Waals surface area contributed by atoms with Gasteiger partial charge in [-0.1, -0.05) is 25.1 Å². The van der Waals surface area contributed by atoms with Crippen molar-refractivity contribution in [3.05, 3.63) is 34.9 Å². The molecular weight excluding hydrogens is 184 g/mol. The quantitative estimate of drug-likeness (QED) is 0.736. The van der Waals surface area contributed by atoms with Crippen molar-refractivity contribution < 1.29 is 4.79 Å². The summed E-state index contributed by atoms with van der Waals surface area (Å²) in [6.07, 6.45) is 1.72. The van der Waals surface area contributed by atoms with E-state index in [1.54, 1.807) is 0 Å². The predicted octanol–water partition coefficient (Wildman–Crippen LogP) is 3.07. The van der Waals surface area contributed by atoms with Crippen molar-refractivity contribution in [2.75, 3.05) is 0 Å². The smallest absolute Gasteiger partial charge is 0.140 e. The molecule has 0 spiro atoms. The van der Waals surface area contributed by atoms with E-state index in [2.05, 4.69) is 39.0 Å². The normalized spacial score (nSPS) is 23.9. The van der Waals surface area contributed by atoms with Gasteiger partial charge in [-0.05, 0) is 42.9 Å².